The number of nitrogens with one attached hydrogen (secondary N) is 2. The number of aromatic nitrogens is 1. The fourth-order valence-corrected chi connectivity index (χ4v) is 3.99. The first-order valence-electron chi connectivity index (χ1n) is 8.09. The molecule has 5 nitrogen and oxygen atoms in total. The van der Waals surface area contributed by atoms with Gasteiger partial charge in [-0.2, -0.15) is 0 Å². The number of nitrogens with zero attached hydrogens (tertiary/aromatic N) is 2. The van der Waals surface area contributed by atoms with Crippen molar-refractivity contribution in [3.05, 3.63) is 65.3 Å². The maximum atomic E-state index is 12.7. The Hall–Kier alpha value is -2.73. The molecule has 1 aliphatic rings. The van der Waals surface area contributed by atoms with Crippen LogP contribution in [-0.4, -0.2) is 21.8 Å². The summed E-state index contributed by atoms with van der Waals surface area (Å²) < 4.78 is 1.23. The van der Waals surface area contributed by atoms with Crippen molar-refractivity contribution in [3.63, 3.8) is 0 Å². The second kappa shape index (κ2) is 5.97. The van der Waals surface area contributed by atoms with Crippen molar-refractivity contribution in [2.75, 3.05) is 0 Å². The van der Waals surface area contributed by atoms with Gasteiger partial charge in [0.1, 0.15) is 0 Å². The molecule has 1 fully saturated rings. The van der Waals surface area contributed by atoms with Crippen LogP contribution < -0.4 is 5.32 Å². The van der Waals surface area contributed by atoms with Crippen LogP contribution >= 0.6 is 11.3 Å². The van der Waals surface area contributed by atoms with E-state index >= 15 is 0 Å². The van der Waals surface area contributed by atoms with Gasteiger partial charge in [-0.3, -0.25) is 20.1 Å². The van der Waals surface area contributed by atoms with Crippen LogP contribution in [0, 0.1) is 5.41 Å². The van der Waals surface area contributed by atoms with Crippen molar-refractivity contribution < 1.29 is 4.79 Å². The van der Waals surface area contributed by atoms with Crippen LogP contribution in [0.3, 0.4) is 0 Å². The van der Waals surface area contributed by atoms with Gasteiger partial charge in [0.05, 0.1) is 18.5 Å². The van der Waals surface area contributed by atoms with Gasteiger partial charge in [0.25, 0.3) is 0 Å². The predicted molar refractivity (Wildman–Crippen MR) is 99.4 cm³/mol. The number of benzene rings is 1. The lowest BCUT2D eigenvalue weighted by atomic mass is 9.86. The normalized spacial score (nSPS) is 20.8. The second-order valence-electron chi connectivity index (χ2n) is 6.49. The number of thiophene rings is 1. The molecule has 3 heterocycles. The SMILES string of the molecule is C[C@@]1(c2ccc3sccc3c2)CC(=O)N(Cc2ccncc2)C(=N)N1. The maximum Gasteiger partial charge on any atom is 0.232 e. The molecule has 2 N–H and O–H groups in total. The number of fused-ring (bicyclic) bond motifs is 1. The summed E-state index contributed by atoms with van der Waals surface area (Å²) in [7, 11) is 0. The summed E-state index contributed by atoms with van der Waals surface area (Å²) in [4.78, 5) is 18.2. The molecule has 1 amide bonds. The molecule has 6 heteroatoms. The average molecular weight is 350 g/mol. The molecule has 126 valence electrons. The summed E-state index contributed by atoms with van der Waals surface area (Å²) in [6.45, 7) is 2.36. The van der Waals surface area contributed by atoms with Crippen molar-refractivity contribution in [1.82, 2.24) is 15.2 Å². The molecule has 1 aliphatic heterocycles. The molecule has 1 atom stereocenters. The first kappa shape index (κ1) is 15.8. The van der Waals surface area contributed by atoms with Crippen LogP contribution in [-0.2, 0) is 16.9 Å². The molecule has 2 aromatic heterocycles. The van der Waals surface area contributed by atoms with Gasteiger partial charge in [-0.15, -0.1) is 11.3 Å². The van der Waals surface area contributed by atoms with Crippen LogP contribution in [0.15, 0.2) is 54.2 Å². The smallest absolute Gasteiger partial charge is 0.232 e. The Balaban J connectivity index is 1.59. The van der Waals surface area contributed by atoms with E-state index in [0.717, 1.165) is 11.1 Å². The standard InChI is InChI=1S/C19H18N4OS/c1-19(15-2-3-16-14(10-15)6-9-25-16)11-17(24)23(18(20)22-19)12-13-4-7-21-8-5-13/h2-10H,11-12H2,1H3,(H2,20,22)/t19-/m0/s1. The Kier molecular flexibility index (Phi) is 3.77. The van der Waals surface area contributed by atoms with Gasteiger partial charge in [0, 0.05) is 17.1 Å². The van der Waals surface area contributed by atoms with E-state index in [1.807, 2.05) is 25.1 Å². The van der Waals surface area contributed by atoms with Crippen LogP contribution in [0.4, 0.5) is 0 Å². The summed E-state index contributed by atoms with van der Waals surface area (Å²) in [6, 6.07) is 12.0. The van der Waals surface area contributed by atoms with Crippen LogP contribution in [0.5, 0.6) is 0 Å². The molecule has 0 unspecified atom stereocenters. The summed E-state index contributed by atoms with van der Waals surface area (Å²) >= 11 is 1.70. The number of hydrogen-bond acceptors (Lipinski definition) is 4. The van der Waals surface area contributed by atoms with E-state index in [1.54, 1.807) is 23.7 Å². The molecule has 1 aromatic carbocycles. The summed E-state index contributed by atoms with van der Waals surface area (Å²) in [5.74, 6) is 0.0921. The minimum atomic E-state index is -0.570. The molecule has 25 heavy (non-hydrogen) atoms. The topological polar surface area (TPSA) is 69.1 Å². The third-order valence-corrected chi connectivity index (χ3v) is 5.55. The van der Waals surface area contributed by atoms with Crippen LogP contribution in [0.25, 0.3) is 10.1 Å². The van der Waals surface area contributed by atoms with Gasteiger partial charge in [-0.05, 0) is 59.1 Å². The minimum absolute atomic E-state index is 0.0477. The molecule has 1 saturated heterocycles. The molecule has 0 aliphatic carbocycles. The zero-order chi connectivity index (χ0) is 17.4. The lowest BCUT2D eigenvalue weighted by Crippen LogP contribution is -2.59. The zero-order valence-electron chi connectivity index (χ0n) is 13.8. The van der Waals surface area contributed by atoms with E-state index in [-0.39, 0.29) is 11.9 Å². The molecular formula is C19H18N4OS. The van der Waals surface area contributed by atoms with Gasteiger partial charge in [0.15, 0.2) is 5.96 Å². The fourth-order valence-electron chi connectivity index (χ4n) is 3.22. The Morgan fingerprint density at radius 2 is 2.08 bits per heavy atom. The van der Waals surface area contributed by atoms with Gasteiger partial charge in [-0.1, -0.05) is 6.07 Å². The van der Waals surface area contributed by atoms with Crippen molar-refractivity contribution in [2.45, 2.75) is 25.4 Å². The predicted octanol–water partition coefficient (Wildman–Crippen LogP) is 3.47. The van der Waals surface area contributed by atoms with Gasteiger partial charge in [-0.25, -0.2) is 0 Å². The number of carbonyl (C=O) groups excluding carboxylic acids is 1. The van der Waals surface area contributed by atoms with E-state index < -0.39 is 5.54 Å². The number of hydrogen-bond donors (Lipinski definition) is 2. The Morgan fingerprint density at radius 1 is 1.28 bits per heavy atom. The highest BCUT2D eigenvalue weighted by atomic mass is 32.1. The largest absolute Gasteiger partial charge is 0.346 e. The maximum absolute atomic E-state index is 12.7. The quantitative estimate of drug-likeness (QED) is 0.760. The zero-order valence-corrected chi connectivity index (χ0v) is 14.6. The molecule has 0 radical (unpaired) electrons. The number of amides is 1. The Labute approximate surface area is 149 Å². The van der Waals surface area contributed by atoms with Crippen molar-refractivity contribution in [1.29, 1.82) is 5.41 Å². The highest BCUT2D eigenvalue weighted by molar-refractivity contribution is 7.17. The molecule has 0 saturated carbocycles. The molecule has 4 rings (SSSR count). The number of guanidine groups is 1. The minimum Gasteiger partial charge on any atom is -0.346 e. The highest BCUT2D eigenvalue weighted by Crippen LogP contribution is 2.32. The third kappa shape index (κ3) is 2.89. The lowest BCUT2D eigenvalue weighted by molar-refractivity contribution is -0.131. The Morgan fingerprint density at radius 3 is 2.84 bits per heavy atom. The van der Waals surface area contributed by atoms with Crippen molar-refractivity contribution in [3.8, 4) is 0 Å². The number of carbonyl (C=O) groups is 1. The van der Waals surface area contributed by atoms with E-state index in [1.165, 1.54) is 15.0 Å². The van der Waals surface area contributed by atoms with Gasteiger partial charge < -0.3 is 5.32 Å². The third-order valence-electron chi connectivity index (χ3n) is 4.65. The monoisotopic (exact) mass is 350 g/mol. The molecule has 0 spiro atoms. The van der Waals surface area contributed by atoms with E-state index in [2.05, 4.69) is 33.9 Å². The lowest BCUT2D eigenvalue weighted by Gasteiger charge is -2.41. The molecule has 3 aromatic rings. The first-order valence-corrected chi connectivity index (χ1v) is 8.97. The summed E-state index contributed by atoms with van der Waals surface area (Å²) in [5.41, 5.74) is 1.41. The van der Waals surface area contributed by atoms with E-state index in [4.69, 9.17) is 5.41 Å². The van der Waals surface area contributed by atoms with Gasteiger partial charge in [0.2, 0.25) is 5.91 Å². The van der Waals surface area contributed by atoms with E-state index in [9.17, 15) is 4.79 Å². The summed E-state index contributed by atoms with van der Waals surface area (Å²) in [6.07, 6.45) is 3.71. The van der Waals surface area contributed by atoms with Gasteiger partial charge >= 0.3 is 0 Å². The fraction of sp³-hybridized carbons (Fsp3) is 0.211. The average Bonchev–Trinajstić information content (AvgIpc) is 3.07. The van der Waals surface area contributed by atoms with Crippen molar-refractivity contribution in [2.24, 2.45) is 0 Å². The highest BCUT2D eigenvalue weighted by Gasteiger charge is 2.39. The van der Waals surface area contributed by atoms with Crippen LogP contribution in [0.1, 0.15) is 24.5 Å². The van der Waals surface area contributed by atoms with Crippen molar-refractivity contribution >= 4 is 33.3 Å². The second-order valence-corrected chi connectivity index (χ2v) is 7.44. The molecule has 0 bridgehead atoms. The molecular weight excluding hydrogens is 332 g/mol. The number of pyridine rings is 1. The first-order chi connectivity index (χ1) is 12.0. The summed E-state index contributed by atoms with van der Waals surface area (Å²) in [5, 5.41) is 14.8. The van der Waals surface area contributed by atoms with E-state index in [0.29, 0.717) is 13.0 Å². The number of rotatable bonds is 3. The Bertz CT molecular complexity index is 932. The van der Waals surface area contributed by atoms with Crippen LogP contribution in [0.2, 0.25) is 0 Å².